The summed E-state index contributed by atoms with van der Waals surface area (Å²) < 4.78 is 0. The number of allylic oxidation sites excluding steroid dienone is 4. The number of hydrogen-bond acceptors (Lipinski definition) is 5. The molecule has 0 radical (unpaired) electrons. The van der Waals surface area contributed by atoms with Crippen LogP contribution >= 0.6 is 0 Å². The maximum atomic E-state index is 12.8. The van der Waals surface area contributed by atoms with Crippen molar-refractivity contribution < 1.29 is 14.7 Å². The van der Waals surface area contributed by atoms with Crippen LogP contribution in [0.15, 0.2) is 28.0 Å². The van der Waals surface area contributed by atoms with Gasteiger partial charge in [0.2, 0.25) is 6.10 Å². The van der Waals surface area contributed by atoms with E-state index in [0.29, 0.717) is 24.7 Å². The monoisotopic (exact) mass is 533 g/mol. The number of carboxylic acid groups (broad SMARTS) is 1. The Hall–Kier alpha value is -2.60. The topological polar surface area (TPSA) is 106 Å². The number of hydrogen-bond donors (Lipinski definition) is 1. The summed E-state index contributed by atoms with van der Waals surface area (Å²) in [6, 6.07) is 4.54. The molecule has 2 unspecified atom stereocenters. The Labute approximate surface area is 235 Å². The first-order chi connectivity index (χ1) is 18.8. The second-order valence-electron chi connectivity index (χ2n) is 12.8. The highest BCUT2D eigenvalue weighted by atomic mass is 16.6. The molecule has 0 aromatic carbocycles. The Morgan fingerprint density at radius 2 is 1.90 bits per heavy atom. The zero-order valence-corrected chi connectivity index (χ0v) is 24.3. The van der Waals surface area contributed by atoms with Crippen LogP contribution in [0.25, 0.3) is 0 Å². The zero-order chi connectivity index (χ0) is 28.0. The van der Waals surface area contributed by atoms with Gasteiger partial charge in [-0.2, -0.15) is 10.5 Å². The first kappa shape index (κ1) is 29.4. The molecule has 4 rings (SSSR count). The van der Waals surface area contributed by atoms with E-state index < -0.39 is 23.4 Å². The lowest BCUT2D eigenvalue weighted by atomic mass is 9.48. The standard InChI is InChI=1S/C33H47N3O3/c1-4-5-6-7-8-9-10-30(31(37)38)33(19-20-34)18-16-29-28-13-11-24-21-25(36-39-23(2)22-35)12-14-26(24)27(28)15-17-32(29,33)3/h21,23,28-30H,4-19H2,1-3H3,(H,37,38)/b36-25+/t23?,28-,29+,30?,32+,33+/m1/s1. The summed E-state index contributed by atoms with van der Waals surface area (Å²) in [6.07, 6.45) is 17.4. The van der Waals surface area contributed by atoms with Gasteiger partial charge in [0.1, 0.15) is 6.07 Å². The van der Waals surface area contributed by atoms with Gasteiger partial charge in [0.15, 0.2) is 0 Å². The van der Waals surface area contributed by atoms with Gasteiger partial charge in [0.05, 0.1) is 17.7 Å². The molecule has 6 heteroatoms. The fourth-order valence-corrected chi connectivity index (χ4v) is 8.85. The SMILES string of the molecule is CCCCCCCCC(C(=O)O)[C@@]1(CC#N)CC[C@H]2[C@@H]3CCC4=C/C(=N/OC(C)C#N)CCC4=C3CC[C@@]21C. The average molecular weight is 534 g/mol. The van der Waals surface area contributed by atoms with Crippen molar-refractivity contribution in [3.05, 3.63) is 22.8 Å². The van der Waals surface area contributed by atoms with E-state index in [0.717, 1.165) is 69.9 Å². The minimum Gasteiger partial charge on any atom is -0.481 e. The third-order valence-corrected chi connectivity index (χ3v) is 10.9. The quantitative estimate of drug-likeness (QED) is 0.201. The van der Waals surface area contributed by atoms with Crippen LogP contribution in [0.3, 0.4) is 0 Å². The van der Waals surface area contributed by atoms with Gasteiger partial charge in [-0.15, -0.1) is 0 Å². The van der Waals surface area contributed by atoms with E-state index in [1.165, 1.54) is 36.8 Å². The van der Waals surface area contributed by atoms with Crippen LogP contribution in [-0.2, 0) is 9.63 Å². The Kier molecular flexibility index (Phi) is 9.58. The lowest BCUT2D eigenvalue weighted by molar-refractivity contribution is -0.153. The van der Waals surface area contributed by atoms with Crippen LogP contribution in [0, 0.1) is 51.2 Å². The van der Waals surface area contributed by atoms with Gasteiger partial charge in [-0.1, -0.05) is 63.1 Å². The number of fused-ring (bicyclic) bond motifs is 4. The molecule has 6 nitrogen and oxygen atoms in total. The summed E-state index contributed by atoms with van der Waals surface area (Å²) in [7, 11) is 0. The van der Waals surface area contributed by atoms with Crippen molar-refractivity contribution >= 4 is 11.7 Å². The van der Waals surface area contributed by atoms with Crippen molar-refractivity contribution in [3.63, 3.8) is 0 Å². The van der Waals surface area contributed by atoms with E-state index in [9.17, 15) is 15.2 Å². The van der Waals surface area contributed by atoms with E-state index in [-0.39, 0.29) is 5.41 Å². The zero-order valence-electron chi connectivity index (χ0n) is 24.3. The normalized spacial score (nSPS) is 32.2. The fraction of sp³-hybridized carbons (Fsp3) is 0.758. The molecule has 1 N–H and O–H groups in total. The molecule has 0 heterocycles. The minimum atomic E-state index is -0.689. The smallest absolute Gasteiger partial charge is 0.307 e. The number of unbranched alkanes of at least 4 members (excludes halogenated alkanes) is 5. The van der Waals surface area contributed by atoms with Gasteiger partial charge in [0, 0.05) is 11.8 Å². The van der Waals surface area contributed by atoms with Crippen LogP contribution in [0.4, 0.5) is 0 Å². The average Bonchev–Trinajstić information content (AvgIpc) is 3.23. The lowest BCUT2D eigenvalue weighted by Crippen LogP contribution is -2.50. The number of oxime groups is 1. The highest BCUT2D eigenvalue weighted by molar-refractivity contribution is 5.97. The van der Waals surface area contributed by atoms with Crippen LogP contribution in [0.1, 0.15) is 124 Å². The van der Waals surface area contributed by atoms with Crippen molar-refractivity contribution in [3.8, 4) is 12.1 Å². The molecule has 0 spiro atoms. The third-order valence-electron chi connectivity index (χ3n) is 10.9. The maximum Gasteiger partial charge on any atom is 0.307 e. The van der Waals surface area contributed by atoms with Crippen LogP contribution in [0.5, 0.6) is 0 Å². The summed E-state index contributed by atoms with van der Waals surface area (Å²) in [5.41, 5.74) is 4.83. The Bertz CT molecular complexity index is 1090. The molecular weight excluding hydrogens is 486 g/mol. The summed E-state index contributed by atoms with van der Waals surface area (Å²) in [5, 5.41) is 33.7. The predicted octanol–water partition coefficient (Wildman–Crippen LogP) is 8.26. The summed E-state index contributed by atoms with van der Waals surface area (Å²) in [5.74, 6) is -0.181. The van der Waals surface area contributed by atoms with Gasteiger partial charge in [0.25, 0.3) is 0 Å². The molecule has 6 atom stereocenters. The number of carboxylic acids is 1. The third kappa shape index (κ3) is 5.68. The molecule has 2 fully saturated rings. The van der Waals surface area contributed by atoms with Gasteiger partial charge in [-0.3, -0.25) is 4.79 Å². The lowest BCUT2D eigenvalue weighted by Gasteiger charge is -2.55. The molecular formula is C33H47N3O3. The molecule has 39 heavy (non-hydrogen) atoms. The largest absolute Gasteiger partial charge is 0.481 e. The molecule has 0 saturated heterocycles. The van der Waals surface area contributed by atoms with E-state index in [1.54, 1.807) is 12.5 Å². The van der Waals surface area contributed by atoms with Gasteiger partial charge >= 0.3 is 5.97 Å². The van der Waals surface area contributed by atoms with Crippen molar-refractivity contribution in [1.29, 1.82) is 10.5 Å². The summed E-state index contributed by atoms with van der Waals surface area (Å²) in [4.78, 5) is 18.1. The van der Waals surface area contributed by atoms with Crippen molar-refractivity contribution in [2.75, 3.05) is 0 Å². The van der Waals surface area contributed by atoms with E-state index >= 15 is 0 Å². The highest BCUT2D eigenvalue weighted by Gasteiger charge is 2.64. The second kappa shape index (κ2) is 12.7. The number of carbonyl (C=O) groups is 1. The first-order valence-electron chi connectivity index (χ1n) is 15.5. The minimum absolute atomic E-state index is 0.119. The van der Waals surface area contributed by atoms with Crippen LogP contribution < -0.4 is 0 Å². The molecule has 4 aliphatic carbocycles. The molecule has 0 amide bonds. The highest BCUT2D eigenvalue weighted by Crippen LogP contribution is 2.70. The molecule has 2 saturated carbocycles. The molecule has 4 aliphatic rings. The molecule has 212 valence electrons. The molecule has 0 aromatic rings. The fourth-order valence-electron chi connectivity index (χ4n) is 8.85. The number of rotatable bonds is 12. The number of aliphatic carboxylic acids is 1. The Morgan fingerprint density at radius 3 is 2.62 bits per heavy atom. The van der Waals surface area contributed by atoms with Crippen LogP contribution in [-0.4, -0.2) is 22.9 Å². The second-order valence-corrected chi connectivity index (χ2v) is 12.8. The first-order valence-corrected chi connectivity index (χ1v) is 15.5. The van der Waals surface area contributed by atoms with Crippen LogP contribution in [0.2, 0.25) is 0 Å². The van der Waals surface area contributed by atoms with E-state index in [4.69, 9.17) is 10.1 Å². The summed E-state index contributed by atoms with van der Waals surface area (Å²) in [6.45, 7) is 6.27. The van der Waals surface area contributed by atoms with Crippen molar-refractivity contribution in [2.24, 2.45) is 33.7 Å². The number of nitrogens with zero attached hydrogens (tertiary/aromatic N) is 3. The van der Waals surface area contributed by atoms with Gasteiger partial charge in [-0.25, -0.2) is 0 Å². The predicted molar refractivity (Wildman–Crippen MR) is 153 cm³/mol. The van der Waals surface area contributed by atoms with E-state index in [1.807, 2.05) is 0 Å². The van der Waals surface area contributed by atoms with Crippen molar-refractivity contribution in [2.45, 2.75) is 130 Å². The Balaban J connectivity index is 1.56. The molecule has 0 bridgehead atoms. The maximum absolute atomic E-state index is 12.8. The Morgan fingerprint density at radius 1 is 1.13 bits per heavy atom. The van der Waals surface area contributed by atoms with E-state index in [2.05, 4.69) is 37.2 Å². The summed E-state index contributed by atoms with van der Waals surface area (Å²) >= 11 is 0. The number of nitriles is 2. The van der Waals surface area contributed by atoms with Gasteiger partial charge in [-0.05, 0) is 99.2 Å². The van der Waals surface area contributed by atoms with Gasteiger partial charge < -0.3 is 9.94 Å². The molecule has 0 aliphatic heterocycles. The molecule has 0 aromatic heterocycles. The van der Waals surface area contributed by atoms with Crippen molar-refractivity contribution in [1.82, 2.24) is 0 Å².